The largest absolute Gasteiger partial charge is 0.292 e. The number of halogens is 2. The van der Waals surface area contributed by atoms with Crippen molar-refractivity contribution >= 4 is 29.0 Å². The maximum Gasteiger partial charge on any atom is 0.184 e. The van der Waals surface area contributed by atoms with E-state index in [0.29, 0.717) is 21.2 Å². The normalized spacial score (nSPS) is 11.7. The van der Waals surface area contributed by atoms with Crippen molar-refractivity contribution in [3.63, 3.8) is 0 Å². The van der Waals surface area contributed by atoms with E-state index in [0.717, 1.165) is 5.56 Å². The summed E-state index contributed by atoms with van der Waals surface area (Å²) in [7, 11) is 0. The van der Waals surface area contributed by atoms with Gasteiger partial charge in [0.1, 0.15) is 5.92 Å². The number of rotatable bonds is 3. The molecular weight excluding hydrogens is 293 g/mol. The quantitative estimate of drug-likeness (QED) is 0.765. The smallest absolute Gasteiger partial charge is 0.184 e. The van der Waals surface area contributed by atoms with Crippen LogP contribution >= 0.6 is 23.2 Å². The first-order valence-corrected chi connectivity index (χ1v) is 6.74. The van der Waals surface area contributed by atoms with Crippen LogP contribution in [0.2, 0.25) is 10.0 Å². The molecule has 0 spiro atoms. The molecule has 100 valence electrons. The van der Waals surface area contributed by atoms with Crippen LogP contribution in [0.25, 0.3) is 0 Å². The molecule has 0 amide bonds. The van der Waals surface area contributed by atoms with Gasteiger partial charge in [0, 0.05) is 21.2 Å². The number of nitriles is 1. The van der Waals surface area contributed by atoms with E-state index in [-0.39, 0.29) is 5.78 Å². The average molecular weight is 304 g/mol. The highest BCUT2D eigenvalue weighted by Gasteiger charge is 2.26. The molecule has 0 saturated carbocycles. The van der Waals surface area contributed by atoms with Crippen LogP contribution in [0.3, 0.4) is 0 Å². The second-order valence-corrected chi connectivity index (χ2v) is 5.25. The first-order chi connectivity index (χ1) is 9.54. The maximum atomic E-state index is 12.5. The van der Waals surface area contributed by atoms with Crippen LogP contribution in [-0.4, -0.2) is 5.78 Å². The van der Waals surface area contributed by atoms with Gasteiger partial charge in [-0.3, -0.25) is 4.79 Å². The van der Waals surface area contributed by atoms with Crippen LogP contribution in [0.4, 0.5) is 0 Å². The van der Waals surface area contributed by atoms with Crippen molar-refractivity contribution in [2.45, 2.75) is 12.8 Å². The van der Waals surface area contributed by atoms with E-state index < -0.39 is 5.92 Å². The van der Waals surface area contributed by atoms with Gasteiger partial charge in [-0.1, -0.05) is 53.0 Å². The Morgan fingerprint density at radius 1 is 1.15 bits per heavy atom. The fraction of sp³-hybridized carbons (Fsp3) is 0.125. The fourth-order valence-corrected chi connectivity index (χ4v) is 2.62. The Morgan fingerprint density at radius 2 is 1.75 bits per heavy atom. The van der Waals surface area contributed by atoms with E-state index >= 15 is 0 Å². The van der Waals surface area contributed by atoms with E-state index in [1.807, 2.05) is 19.1 Å². The standard InChI is InChI=1S/C16H11Cl2NO/c1-10-4-2-5-11(8-10)16(20)12(9-19)15-13(17)6-3-7-14(15)18/h2-8,12H,1H3. The topological polar surface area (TPSA) is 40.9 Å². The number of ketones is 1. The highest BCUT2D eigenvalue weighted by molar-refractivity contribution is 6.36. The molecule has 0 radical (unpaired) electrons. The third-order valence-corrected chi connectivity index (χ3v) is 3.64. The van der Waals surface area contributed by atoms with Crippen LogP contribution < -0.4 is 0 Å². The number of nitrogens with zero attached hydrogens (tertiary/aromatic N) is 1. The molecular formula is C16H11Cl2NO. The molecule has 2 aromatic rings. The highest BCUT2D eigenvalue weighted by atomic mass is 35.5. The molecule has 0 aromatic heterocycles. The monoisotopic (exact) mass is 303 g/mol. The van der Waals surface area contributed by atoms with Crippen LogP contribution in [0.5, 0.6) is 0 Å². The van der Waals surface area contributed by atoms with Crippen LogP contribution in [0.15, 0.2) is 42.5 Å². The van der Waals surface area contributed by atoms with E-state index in [2.05, 4.69) is 0 Å². The SMILES string of the molecule is Cc1cccc(C(=O)C(C#N)c2c(Cl)cccc2Cl)c1. The van der Waals surface area contributed by atoms with Crippen molar-refractivity contribution in [3.8, 4) is 6.07 Å². The van der Waals surface area contributed by atoms with Gasteiger partial charge in [0.2, 0.25) is 0 Å². The summed E-state index contributed by atoms with van der Waals surface area (Å²) in [4.78, 5) is 12.5. The van der Waals surface area contributed by atoms with Gasteiger partial charge in [0.15, 0.2) is 5.78 Å². The molecule has 0 aliphatic heterocycles. The van der Waals surface area contributed by atoms with E-state index in [1.165, 1.54) is 0 Å². The molecule has 20 heavy (non-hydrogen) atoms. The Kier molecular flexibility index (Phi) is 4.44. The van der Waals surface area contributed by atoms with Crippen molar-refractivity contribution in [2.75, 3.05) is 0 Å². The number of aryl methyl sites for hydroxylation is 1. The van der Waals surface area contributed by atoms with Crippen LogP contribution in [-0.2, 0) is 0 Å². The second-order valence-electron chi connectivity index (χ2n) is 4.43. The first-order valence-electron chi connectivity index (χ1n) is 5.99. The first kappa shape index (κ1) is 14.6. The molecule has 0 aliphatic rings. The Balaban J connectivity index is 2.49. The summed E-state index contributed by atoms with van der Waals surface area (Å²) in [5.74, 6) is -1.30. The minimum atomic E-state index is -1.00. The lowest BCUT2D eigenvalue weighted by Crippen LogP contribution is -2.12. The predicted octanol–water partition coefficient (Wildman–Crippen LogP) is 4.79. The second kappa shape index (κ2) is 6.09. The predicted molar refractivity (Wildman–Crippen MR) is 80.3 cm³/mol. The van der Waals surface area contributed by atoms with Crippen LogP contribution in [0.1, 0.15) is 27.4 Å². The van der Waals surface area contributed by atoms with Gasteiger partial charge in [-0.15, -0.1) is 0 Å². The fourth-order valence-electron chi connectivity index (χ4n) is 2.01. The minimum Gasteiger partial charge on any atom is -0.292 e. The third kappa shape index (κ3) is 2.85. The molecule has 2 aromatic carbocycles. The maximum absolute atomic E-state index is 12.5. The Labute approximate surface area is 127 Å². The van der Waals surface area contributed by atoms with E-state index in [1.54, 1.807) is 36.4 Å². The lowest BCUT2D eigenvalue weighted by Gasteiger charge is -2.12. The molecule has 4 heteroatoms. The molecule has 0 fully saturated rings. The van der Waals surface area contributed by atoms with Crippen molar-refractivity contribution in [2.24, 2.45) is 0 Å². The van der Waals surface area contributed by atoms with E-state index in [9.17, 15) is 10.1 Å². The Bertz CT molecular complexity index is 684. The van der Waals surface area contributed by atoms with Gasteiger partial charge < -0.3 is 0 Å². The van der Waals surface area contributed by atoms with E-state index in [4.69, 9.17) is 23.2 Å². The lowest BCUT2D eigenvalue weighted by atomic mass is 9.91. The van der Waals surface area contributed by atoms with Gasteiger partial charge in [0.25, 0.3) is 0 Å². The summed E-state index contributed by atoms with van der Waals surface area (Å²) in [5.41, 5.74) is 1.80. The number of carbonyl (C=O) groups excluding carboxylic acids is 1. The zero-order valence-corrected chi connectivity index (χ0v) is 12.2. The summed E-state index contributed by atoms with van der Waals surface area (Å²) in [6.45, 7) is 1.89. The third-order valence-electron chi connectivity index (χ3n) is 2.98. The minimum absolute atomic E-state index is 0.300. The molecule has 1 atom stereocenters. The molecule has 0 N–H and O–H groups in total. The zero-order valence-electron chi connectivity index (χ0n) is 10.7. The van der Waals surface area contributed by atoms with Crippen molar-refractivity contribution in [1.29, 1.82) is 5.26 Å². The molecule has 0 bridgehead atoms. The Hall–Kier alpha value is -1.82. The van der Waals surface area contributed by atoms with Gasteiger partial charge >= 0.3 is 0 Å². The lowest BCUT2D eigenvalue weighted by molar-refractivity contribution is 0.0979. The van der Waals surface area contributed by atoms with Gasteiger partial charge in [-0.05, 0) is 25.1 Å². The van der Waals surface area contributed by atoms with Gasteiger partial charge in [-0.2, -0.15) is 5.26 Å². The summed E-state index contributed by atoms with van der Waals surface area (Å²) in [6, 6.07) is 14.0. The molecule has 2 nitrogen and oxygen atoms in total. The number of hydrogen-bond donors (Lipinski definition) is 0. The molecule has 2 rings (SSSR count). The number of Topliss-reactive ketones (excluding diaryl/α,β-unsaturated/α-hetero) is 1. The summed E-state index contributed by atoms with van der Waals surface area (Å²) in [6.07, 6.45) is 0. The van der Waals surface area contributed by atoms with Gasteiger partial charge in [-0.25, -0.2) is 0 Å². The molecule has 0 saturated heterocycles. The molecule has 0 aliphatic carbocycles. The summed E-state index contributed by atoms with van der Waals surface area (Å²) in [5, 5.41) is 9.99. The van der Waals surface area contributed by atoms with Crippen molar-refractivity contribution in [3.05, 3.63) is 69.2 Å². The summed E-state index contributed by atoms with van der Waals surface area (Å²) >= 11 is 12.2. The zero-order chi connectivity index (χ0) is 14.7. The number of hydrogen-bond acceptors (Lipinski definition) is 2. The van der Waals surface area contributed by atoms with Crippen molar-refractivity contribution in [1.82, 2.24) is 0 Å². The average Bonchev–Trinajstić information content (AvgIpc) is 2.42. The molecule has 0 heterocycles. The number of benzene rings is 2. The number of carbonyl (C=O) groups is 1. The molecule has 1 unspecified atom stereocenters. The summed E-state index contributed by atoms with van der Waals surface area (Å²) < 4.78 is 0. The van der Waals surface area contributed by atoms with Gasteiger partial charge in [0.05, 0.1) is 6.07 Å². The van der Waals surface area contributed by atoms with Crippen molar-refractivity contribution < 1.29 is 4.79 Å². The van der Waals surface area contributed by atoms with Crippen LogP contribution in [0, 0.1) is 18.3 Å². The Morgan fingerprint density at radius 3 is 2.30 bits per heavy atom. The highest BCUT2D eigenvalue weighted by Crippen LogP contribution is 2.33.